The number of aromatic nitrogens is 1. The Labute approximate surface area is 165 Å². The summed E-state index contributed by atoms with van der Waals surface area (Å²) in [5.41, 5.74) is 2.00. The number of aromatic hydroxyl groups is 1. The van der Waals surface area contributed by atoms with E-state index in [1.807, 2.05) is 42.2 Å². The molecule has 2 aromatic rings. The van der Waals surface area contributed by atoms with Gasteiger partial charge in [-0.3, -0.25) is 9.98 Å². The molecule has 1 N–H and O–H groups in total. The summed E-state index contributed by atoms with van der Waals surface area (Å²) in [6.07, 6.45) is 2.87. The van der Waals surface area contributed by atoms with Gasteiger partial charge in [0, 0.05) is 22.5 Å². The van der Waals surface area contributed by atoms with Gasteiger partial charge in [0.25, 0.3) is 0 Å². The van der Waals surface area contributed by atoms with Gasteiger partial charge in [-0.15, -0.1) is 0 Å². The summed E-state index contributed by atoms with van der Waals surface area (Å²) in [6, 6.07) is 9.93. The Morgan fingerprint density at radius 1 is 1.38 bits per heavy atom. The van der Waals surface area contributed by atoms with Gasteiger partial charge in [-0.2, -0.15) is 0 Å². The topological polar surface area (TPSA) is 58.0 Å². The van der Waals surface area contributed by atoms with Crippen molar-refractivity contribution in [2.24, 2.45) is 4.99 Å². The van der Waals surface area contributed by atoms with Crippen LogP contribution in [0.5, 0.6) is 11.5 Å². The molecular formula is C19H20BrN3O2S. The summed E-state index contributed by atoms with van der Waals surface area (Å²) >= 11 is 5.45. The van der Waals surface area contributed by atoms with E-state index in [-0.39, 0.29) is 17.8 Å². The fourth-order valence-electron chi connectivity index (χ4n) is 3.64. The molecule has 1 aromatic heterocycles. The number of benzene rings is 1. The van der Waals surface area contributed by atoms with E-state index in [1.165, 1.54) is 0 Å². The first-order chi connectivity index (χ1) is 12.6. The van der Waals surface area contributed by atoms with Crippen molar-refractivity contribution in [1.82, 2.24) is 9.88 Å². The van der Waals surface area contributed by atoms with Crippen LogP contribution in [0.4, 0.5) is 0 Å². The second-order valence-electron chi connectivity index (χ2n) is 6.38. The van der Waals surface area contributed by atoms with Gasteiger partial charge in [0.05, 0.1) is 18.8 Å². The summed E-state index contributed by atoms with van der Waals surface area (Å²) in [5.74, 6) is 1.64. The maximum absolute atomic E-state index is 10.1. The molecule has 0 unspecified atom stereocenters. The molecular weight excluding hydrogens is 414 g/mol. The molecule has 1 saturated heterocycles. The van der Waals surface area contributed by atoms with Gasteiger partial charge in [-0.1, -0.05) is 40.7 Å². The van der Waals surface area contributed by atoms with E-state index in [9.17, 15) is 5.11 Å². The van der Waals surface area contributed by atoms with Gasteiger partial charge < -0.3 is 14.7 Å². The number of rotatable bonds is 4. The predicted molar refractivity (Wildman–Crippen MR) is 108 cm³/mol. The fourth-order valence-corrected chi connectivity index (χ4v) is 5.54. The number of phenolic OH excluding ortho intramolecular Hbond substituents is 1. The Morgan fingerprint density at radius 2 is 2.23 bits per heavy atom. The summed E-state index contributed by atoms with van der Waals surface area (Å²) in [7, 11) is 1.57. The third-order valence-corrected chi connectivity index (χ3v) is 6.76. The average Bonchev–Trinajstić information content (AvgIpc) is 3.22. The van der Waals surface area contributed by atoms with Crippen LogP contribution in [-0.4, -0.2) is 39.1 Å². The van der Waals surface area contributed by atoms with Crippen molar-refractivity contribution < 1.29 is 9.84 Å². The number of amidine groups is 1. The van der Waals surface area contributed by atoms with Crippen LogP contribution in [-0.2, 0) is 0 Å². The Kier molecular flexibility index (Phi) is 4.84. The molecule has 0 bridgehead atoms. The Hall–Kier alpha value is -1.73. The van der Waals surface area contributed by atoms with Crippen LogP contribution in [0, 0.1) is 0 Å². The maximum Gasteiger partial charge on any atom is 0.160 e. The van der Waals surface area contributed by atoms with Crippen LogP contribution in [0.3, 0.4) is 0 Å². The monoisotopic (exact) mass is 433 g/mol. The van der Waals surface area contributed by atoms with Crippen molar-refractivity contribution in [3.8, 4) is 11.5 Å². The molecule has 4 rings (SSSR count). The summed E-state index contributed by atoms with van der Waals surface area (Å²) in [5, 5.41) is 11.2. The molecule has 7 heteroatoms. The minimum Gasteiger partial charge on any atom is -0.504 e. The van der Waals surface area contributed by atoms with Gasteiger partial charge in [-0.25, -0.2) is 0 Å². The van der Waals surface area contributed by atoms with E-state index < -0.39 is 0 Å². The number of thioether (sulfide) groups is 1. The molecule has 2 aliphatic rings. The second-order valence-corrected chi connectivity index (χ2v) is 8.22. The first-order valence-electron chi connectivity index (χ1n) is 8.60. The highest BCUT2D eigenvalue weighted by Gasteiger charge is 2.46. The van der Waals surface area contributed by atoms with Gasteiger partial charge >= 0.3 is 0 Å². The molecule has 3 atom stereocenters. The normalized spacial score (nSPS) is 24.5. The number of nitrogens with zero attached hydrogens (tertiary/aromatic N) is 3. The lowest BCUT2D eigenvalue weighted by molar-refractivity contribution is 0.253. The van der Waals surface area contributed by atoms with E-state index in [4.69, 9.17) is 9.73 Å². The lowest BCUT2D eigenvalue weighted by Crippen LogP contribution is -2.35. The third kappa shape index (κ3) is 2.87. The summed E-state index contributed by atoms with van der Waals surface area (Å²) in [6.45, 7) is 2.21. The molecule has 3 heterocycles. The highest BCUT2D eigenvalue weighted by atomic mass is 79.9. The Morgan fingerprint density at radius 3 is 2.92 bits per heavy atom. The van der Waals surface area contributed by atoms with E-state index in [2.05, 4.69) is 32.7 Å². The van der Waals surface area contributed by atoms with Crippen molar-refractivity contribution in [1.29, 1.82) is 0 Å². The molecule has 0 spiro atoms. The quantitative estimate of drug-likeness (QED) is 0.766. The smallest absolute Gasteiger partial charge is 0.160 e. The number of methoxy groups -OCH3 is 1. The largest absolute Gasteiger partial charge is 0.504 e. The zero-order chi connectivity index (χ0) is 18.3. The Bertz CT molecular complexity index is 846. The molecule has 5 nitrogen and oxygen atoms in total. The highest BCUT2D eigenvalue weighted by Crippen LogP contribution is 2.51. The number of fused-ring (bicyclic) bond motifs is 1. The maximum atomic E-state index is 10.1. The van der Waals surface area contributed by atoms with Crippen molar-refractivity contribution >= 4 is 32.9 Å². The standard InChI is InChI=1S/C19H20BrN3O2S/c1-3-11-10-26-19-22-17(14-6-4-5-7-21-14)18(23(11)19)12-8-16(25-2)15(24)9-13(12)20/h4-9,11,17-18,24H,3,10H2,1-2H3/t11-,17+,18-/m1/s1. The molecule has 1 aromatic carbocycles. The number of phenols is 1. The number of pyridine rings is 1. The molecule has 2 aliphatic heterocycles. The van der Waals surface area contributed by atoms with Gasteiger partial charge in [0.15, 0.2) is 16.7 Å². The number of aliphatic imine (C=N–C) groups is 1. The average molecular weight is 434 g/mol. The van der Waals surface area contributed by atoms with Crippen LogP contribution in [0.15, 0.2) is 46.0 Å². The Balaban J connectivity index is 1.85. The van der Waals surface area contributed by atoms with Crippen molar-refractivity contribution in [3.63, 3.8) is 0 Å². The molecule has 0 aliphatic carbocycles. The zero-order valence-corrected chi connectivity index (χ0v) is 17.0. The van der Waals surface area contributed by atoms with Gasteiger partial charge in [-0.05, 0) is 36.2 Å². The van der Waals surface area contributed by atoms with Crippen molar-refractivity contribution in [2.45, 2.75) is 31.5 Å². The molecule has 0 radical (unpaired) electrons. The first kappa shape index (κ1) is 17.7. The van der Waals surface area contributed by atoms with Crippen LogP contribution >= 0.6 is 27.7 Å². The van der Waals surface area contributed by atoms with Crippen molar-refractivity contribution in [3.05, 3.63) is 52.3 Å². The minimum absolute atomic E-state index is 0.0173. The van der Waals surface area contributed by atoms with E-state index in [0.29, 0.717) is 11.8 Å². The number of hydrogen-bond donors (Lipinski definition) is 1. The van der Waals surface area contributed by atoms with Gasteiger partial charge in [0.2, 0.25) is 0 Å². The first-order valence-corrected chi connectivity index (χ1v) is 10.4. The zero-order valence-electron chi connectivity index (χ0n) is 14.6. The number of halogens is 1. The fraction of sp³-hybridized carbons (Fsp3) is 0.368. The predicted octanol–water partition coefficient (Wildman–Crippen LogP) is 4.54. The van der Waals surface area contributed by atoms with Crippen LogP contribution in [0.25, 0.3) is 0 Å². The lowest BCUT2D eigenvalue weighted by atomic mass is 9.95. The highest BCUT2D eigenvalue weighted by molar-refractivity contribution is 9.10. The molecule has 0 saturated carbocycles. The molecule has 0 amide bonds. The van der Waals surface area contributed by atoms with Crippen LogP contribution in [0.2, 0.25) is 0 Å². The third-order valence-electron chi connectivity index (χ3n) is 4.95. The van der Waals surface area contributed by atoms with Crippen molar-refractivity contribution in [2.75, 3.05) is 12.9 Å². The van der Waals surface area contributed by atoms with E-state index in [0.717, 1.165) is 33.1 Å². The summed E-state index contributed by atoms with van der Waals surface area (Å²) in [4.78, 5) is 12.0. The molecule has 136 valence electrons. The molecule has 1 fully saturated rings. The number of ether oxygens (including phenoxy) is 1. The number of hydrogen-bond acceptors (Lipinski definition) is 6. The molecule has 26 heavy (non-hydrogen) atoms. The second kappa shape index (κ2) is 7.12. The SMILES string of the molecule is CC[C@@H]1CSC2=N[C@@H](c3ccccn3)[C@@H](c3cc(OC)c(O)cc3Br)N21. The van der Waals surface area contributed by atoms with E-state index in [1.54, 1.807) is 13.2 Å². The summed E-state index contributed by atoms with van der Waals surface area (Å²) < 4.78 is 6.21. The minimum atomic E-state index is -0.0846. The van der Waals surface area contributed by atoms with Crippen LogP contribution in [0.1, 0.15) is 36.7 Å². The lowest BCUT2D eigenvalue weighted by Gasteiger charge is -2.32. The van der Waals surface area contributed by atoms with Crippen LogP contribution < -0.4 is 4.74 Å². The van der Waals surface area contributed by atoms with E-state index >= 15 is 0 Å². The van der Waals surface area contributed by atoms with Gasteiger partial charge in [0.1, 0.15) is 6.04 Å².